The van der Waals surface area contributed by atoms with Gasteiger partial charge in [0, 0.05) is 12.0 Å². The monoisotopic (exact) mass is 518 g/mol. The fourth-order valence-corrected chi connectivity index (χ4v) is 3.26. The van der Waals surface area contributed by atoms with Crippen molar-refractivity contribution < 1.29 is 45.4 Å². The number of carbonyl (C=O) groups excluding carboxylic acids is 2. The van der Waals surface area contributed by atoms with E-state index in [-0.39, 0.29) is 17.8 Å². The third kappa shape index (κ3) is 6.50. The maximum Gasteiger partial charge on any atom is 0.296 e. The molecular formula is C22H20F6N4O4. The predicted octanol–water partition coefficient (Wildman–Crippen LogP) is 3.89. The van der Waals surface area contributed by atoms with Gasteiger partial charge in [-0.1, -0.05) is 0 Å². The van der Waals surface area contributed by atoms with E-state index in [9.17, 15) is 35.9 Å². The SMILES string of the molecule is CC(O/C(N)=C/C(=O)C(=O)Nc1c(-c2cc(F)ccc2F)ncnc1C1CCC(F)(F)CO1)C(F)F. The summed E-state index contributed by atoms with van der Waals surface area (Å²) in [5.74, 6) is -8.43. The lowest BCUT2D eigenvalue weighted by atomic mass is 10.00. The zero-order valence-electron chi connectivity index (χ0n) is 18.6. The molecule has 36 heavy (non-hydrogen) atoms. The van der Waals surface area contributed by atoms with Crippen LogP contribution in [0.4, 0.5) is 32.0 Å². The summed E-state index contributed by atoms with van der Waals surface area (Å²) < 4.78 is 90.5. The molecule has 2 heterocycles. The first kappa shape index (κ1) is 26.9. The molecule has 194 valence electrons. The molecule has 1 aromatic carbocycles. The Balaban J connectivity index is 1.98. The maximum atomic E-state index is 14.5. The lowest BCUT2D eigenvalue weighted by Gasteiger charge is -2.29. The molecule has 14 heteroatoms. The first-order valence-electron chi connectivity index (χ1n) is 10.4. The number of ether oxygens (including phenoxy) is 2. The van der Waals surface area contributed by atoms with Crippen LogP contribution in [0.1, 0.15) is 31.6 Å². The third-order valence-electron chi connectivity index (χ3n) is 5.05. The average Bonchev–Trinajstić information content (AvgIpc) is 2.80. The van der Waals surface area contributed by atoms with Crippen molar-refractivity contribution in [3.8, 4) is 11.3 Å². The van der Waals surface area contributed by atoms with Crippen LogP contribution in [0.3, 0.4) is 0 Å². The van der Waals surface area contributed by atoms with Crippen molar-refractivity contribution in [2.75, 3.05) is 11.9 Å². The van der Waals surface area contributed by atoms with Gasteiger partial charge in [-0.25, -0.2) is 36.3 Å². The summed E-state index contributed by atoms with van der Waals surface area (Å²) in [7, 11) is 0. The summed E-state index contributed by atoms with van der Waals surface area (Å²) in [6, 6.07) is 2.40. The molecule has 1 aromatic heterocycles. The third-order valence-corrected chi connectivity index (χ3v) is 5.05. The number of halogens is 6. The van der Waals surface area contributed by atoms with E-state index in [1.807, 2.05) is 0 Å². The van der Waals surface area contributed by atoms with Gasteiger partial charge in [-0.2, -0.15) is 0 Å². The molecule has 1 aliphatic rings. The highest BCUT2D eigenvalue weighted by molar-refractivity contribution is 6.44. The normalized spacial score (nSPS) is 18.6. The number of nitrogens with two attached hydrogens (primary N) is 1. The Morgan fingerprint density at radius 2 is 2.00 bits per heavy atom. The number of ketones is 1. The van der Waals surface area contributed by atoms with Gasteiger partial charge < -0.3 is 20.5 Å². The lowest BCUT2D eigenvalue weighted by molar-refractivity contribution is -0.146. The minimum Gasteiger partial charge on any atom is -0.470 e. The number of anilines is 1. The summed E-state index contributed by atoms with van der Waals surface area (Å²) in [4.78, 5) is 32.7. The van der Waals surface area contributed by atoms with E-state index in [4.69, 9.17) is 10.5 Å². The minimum atomic E-state index is -3.10. The second-order valence-corrected chi connectivity index (χ2v) is 7.82. The fraction of sp³-hybridized carbons (Fsp3) is 0.364. The number of hydrogen-bond donors (Lipinski definition) is 2. The highest BCUT2D eigenvalue weighted by Crippen LogP contribution is 2.40. The molecule has 0 radical (unpaired) electrons. The summed E-state index contributed by atoms with van der Waals surface area (Å²) in [5, 5.41) is 2.15. The Bertz CT molecular complexity index is 1170. The van der Waals surface area contributed by atoms with E-state index in [1.165, 1.54) is 0 Å². The van der Waals surface area contributed by atoms with E-state index >= 15 is 0 Å². The molecule has 2 aromatic rings. The van der Waals surface area contributed by atoms with Gasteiger partial charge in [-0.3, -0.25) is 9.59 Å². The molecule has 1 aliphatic heterocycles. The molecular weight excluding hydrogens is 498 g/mol. The molecule has 3 rings (SSSR count). The number of carbonyl (C=O) groups is 2. The van der Waals surface area contributed by atoms with Gasteiger partial charge in [0.1, 0.15) is 36.4 Å². The predicted molar refractivity (Wildman–Crippen MR) is 113 cm³/mol. The Labute approximate surface area is 200 Å². The second-order valence-electron chi connectivity index (χ2n) is 7.82. The lowest BCUT2D eigenvalue weighted by Crippen LogP contribution is -2.32. The van der Waals surface area contributed by atoms with E-state index in [1.54, 1.807) is 0 Å². The first-order valence-corrected chi connectivity index (χ1v) is 10.4. The van der Waals surface area contributed by atoms with Crippen molar-refractivity contribution in [2.24, 2.45) is 5.73 Å². The fourth-order valence-electron chi connectivity index (χ4n) is 3.26. The summed E-state index contributed by atoms with van der Waals surface area (Å²) in [6.45, 7) is 0.0214. The van der Waals surface area contributed by atoms with Gasteiger partial charge in [0.25, 0.3) is 18.3 Å². The van der Waals surface area contributed by atoms with Gasteiger partial charge in [0.15, 0.2) is 12.0 Å². The number of rotatable bonds is 8. The van der Waals surface area contributed by atoms with E-state index in [2.05, 4.69) is 20.0 Å². The number of nitrogens with zero attached hydrogens (tertiary/aromatic N) is 2. The van der Waals surface area contributed by atoms with Crippen LogP contribution in [0.2, 0.25) is 0 Å². The van der Waals surface area contributed by atoms with Crippen LogP contribution in [0.25, 0.3) is 11.3 Å². The van der Waals surface area contributed by atoms with Gasteiger partial charge >= 0.3 is 0 Å². The van der Waals surface area contributed by atoms with Crippen LogP contribution in [0.5, 0.6) is 0 Å². The van der Waals surface area contributed by atoms with E-state index in [0.717, 1.165) is 31.5 Å². The smallest absolute Gasteiger partial charge is 0.296 e. The quantitative estimate of drug-likeness (QED) is 0.236. The average molecular weight is 518 g/mol. The van der Waals surface area contributed by atoms with Crippen LogP contribution in [0, 0.1) is 11.6 Å². The van der Waals surface area contributed by atoms with Gasteiger partial charge in [-0.05, 0) is 31.5 Å². The standard InChI is InChI=1S/C22H20F6N4O4/c1-10(20(25)26)36-16(29)7-14(33)21(34)32-19-17(12-6-11(23)2-3-13(12)24)30-9-31-18(19)15-4-5-22(27,28)8-35-15/h2-3,6-7,9-10,15,20H,4-5,8,29H2,1H3,(H,32,34)/b16-7+. The zero-order valence-corrected chi connectivity index (χ0v) is 18.6. The van der Waals surface area contributed by atoms with Gasteiger partial charge in [0.05, 0.1) is 17.5 Å². The number of benzene rings is 1. The van der Waals surface area contributed by atoms with Crippen molar-refractivity contribution in [1.82, 2.24) is 9.97 Å². The van der Waals surface area contributed by atoms with Gasteiger partial charge in [0.2, 0.25) is 5.78 Å². The van der Waals surface area contributed by atoms with Crippen molar-refractivity contribution in [2.45, 2.75) is 44.3 Å². The van der Waals surface area contributed by atoms with Gasteiger partial charge in [-0.15, -0.1) is 0 Å². The van der Waals surface area contributed by atoms with Crippen LogP contribution >= 0.6 is 0 Å². The molecule has 0 spiro atoms. The zero-order chi connectivity index (χ0) is 26.6. The van der Waals surface area contributed by atoms with Crippen LogP contribution in [-0.2, 0) is 19.1 Å². The topological polar surface area (TPSA) is 116 Å². The maximum absolute atomic E-state index is 14.5. The number of nitrogens with one attached hydrogen (secondary N) is 1. The van der Waals surface area contributed by atoms with Crippen LogP contribution in [0.15, 0.2) is 36.5 Å². The van der Waals surface area contributed by atoms with Crippen LogP contribution < -0.4 is 11.1 Å². The molecule has 1 fully saturated rings. The second kappa shape index (κ2) is 10.9. The van der Waals surface area contributed by atoms with Crippen LogP contribution in [-0.4, -0.2) is 46.7 Å². The molecule has 0 saturated carbocycles. The molecule has 2 atom stereocenters. The Kier molecular flexibility index (Phi) is 8.17. The number of hydrogen-bond acceptors (Lipinski definition) is 7. The summed E-state index contributed by atoms with van der Waals surface area (Å²) >= 11 is 0. The number of alkyl halides is 4. The molecule has 2 unspecified atom stereocenters. The molecule has 0 bridgehead atoms. The molecule has 1 amide bonds. The molecule has 3 N–H and O–H groups in total. The van der Waals surface area contributed by atoms with Crippen molar-refractivity contribution >= 4 is 17.4 Å². The molecule has 1 saturated heterocycles. The minimum absolute atomic E-state index is 0.167. The van der Waals surface area contributed by atoms with Crippen molar-refractivity contribution in [3.63, 3.8) is 0 Å². The Morgan fingerprint density at radius 3 is 2.64 bits per heavy atom. The van der Waals surface area contributed by atoms with E-state index in [0.29, 0.717) is 6.08 Å². The summed E-state index contributed by atoms with van der Waals surface area (Å²) in [6.07, 6.45) is -5.16. The largest absolute Gasteiger partial charge is 0.470 e. The number of amides is 1. The highest BCUT2D eigenvalue weighted by Gasteiger charge is 2.38. The molecule has 0 aliphatic carbocycles. The molecule has 8 nitrogen and oxygen atoms in total. The Hall–Kier alpha value is -3.68. The van der Waals surface area contributed by atoms with Crippen molar-refractivity contribution in [1.29, 1.82) is 0 Å². The number of aromatic nitrogens is 2. The van der Waals surface area contributed by atoms with E-state index < -0.39 is 78.0 Å². The highest BCUT2D eigenvalue weighted by atomic mass is 19.3. The Morgan fingerprint density at radius 1 is 1.28 bits per heavy atom. The summed E-state index contributed by atoms with van der Waals surface area (Å²) in [5.41, 5.74) is 4.02. The van der Waals surface area contributed by atoms with Crippen molar-refractivity contribution in [3.05, 3.63) is 53.8 Å². The first-order chi connectivity index (χ1) is 16.9.